The van der Waals surface area contributed by atoms with Gasteiger partial charge in [0.05, 0.1) is 12.0 Å². The number of aryl methyl sites for hydroxylation is 1. The molecule has 0 fully saturated rings. The molecule has 1 aromatic carbocycles. The van der Waals surface area contributed by atoms with Crippen molar-refractivity contribution in [3.63, 3.8) is 0 Å². The number of rotatable bonds is 4. The van der Waals surface area contributed by atoms with Gasteiger partial charge < -0.3 is 9.88 Å². The van der Waals surface area contributed by atoms with E-state index in [-0.39, 0.29) is 0 Å². The summed E-state index contributed by atoms with van der Waals surface area (Å²) in [5.41, 5.74) is 5.27. The van der Waals surface area contributed by atoms with Gasteiger partial charge in [-0.15, -0.1) is 0 Å². The van der Waals surface area contributed by atoms with Crippen LogP contribution in [0.25, 0.3) is 5.69 Å². The van der Waals surface area contributed by atoms with E-state index < -0.39 is 0 Å². The number of hydrogen-bond donors (Lipinski definition) is 1. The Morgan fingerprint density at radius 1 is 1.20 bits per heavy atom. The minimum Gasteiger partial charge on any atom is -0.310 e. The lowest BCUT2D eigenvalue weighted by Gasteiger charge is -2.16. The lowest BCUT2D eigenvalue weighted by atomic mass is 10.0. The van der Waals surface area contributed by atoms with Gasteiger partial charge in [0, 0.05) is 17.4 Å². The zero-order valence-electron chi connectivity index (χ0n) is 12.4. The fraction of sp³-hybridized carbons (Fsp3) is 0.471. The highest BCUT2D eigenvalue weighted by Crippen LogP contribution is 2.24. The van der Waals surface area contributed by atoms with Crippen molar-refractivity contribution in [2.75, 3.05) is 6.54 Å². The summed E-state index contributed by atoms with van der Waals surface area (Å²) in [4.78, 5) is 4.57. The molecule has 0 amide bonds. The molecule has 1 N–H and O–H groups in total. The van der Waals surface area contributed by atoms with Crippen molar-refractivity contribution in [3.8, 4) is 5.69 Å². The number of nitrogens with zero attached hydrogens (tertiary/aromatic N) is 2. The van der Waals surface area contributed by atoms with E-state index in [2.05, 4.69) is 53.0 Å². The monoisotopic (exact) mass is 269 g/mol. The molecule has 1 aliphatic rings. The van der Waals surface area contributed by atoms with E-state index in [0.717, 1.165) is 19.4 Å². The smallest absolute Gasteiger partial charge is 0.0997 e. The van der Waals surface area contributed by atoms with Crippen LogP contribution in [0.2, 0.25) is 0 Å². The number of nitrogens with one attached hydrogen (secondary N) is 1. The molecule has 1 aromatic heterocycles. The van der Waals surface area contributed by atoms with Crippen LogP contribution in [0.15, 0.2) is 30.6 Å². The van der Waals surface area contributed by atoms with Crippen LogP contribution in [0.5, 0.6) is 0 Å². The summed E-state index contributed by atoms with van der Waals surface area (Å²) in [6, 6.07) is 9.26. The molecule has 20 heavy (non-hydrogen) atoms. The van der Waals surface area contributed by atoms with Crippen LogP contribution in [-0.4, -0.2) is 16.1 Å². The number of hydrogen-bond acceptors (Lipinski definition) is 2. The third-order valence-corrected chi connectivity index (χ3v) is 4.21. The van der Waals surface area contributed by atoms with Crippen molar-refractivity contribution in [3.05, 3.63) is 47.5 Å². The van der Waals surface area contributed by atoms with E-state index in [1.807, 2.05) is 6.33 Å². The fourth-order valence-electron chi connectivity index (χ4n) is 3.04. The molecule has 3 rings (SSSR count). The Hall–Kier alpha value is -1.61. The van der Waals surface area contributed by atoms with Crippen molar-refractivity contribution in [2.45, 2.75) is 45.6 Å². The normalized spacial score (nSPS) is 15.9. The lowest BCUT2D eigenvalue weighted by Crippen LogP contribution is -2.17. The third kappa shape index (κ3) is 2.50. The molecule has 0 radical (unpaired) electrons. The van der Waals surface area contributed by atoms with Gasteiger partial charge in [-0.1, -0.05) is 19.1 Å². The zero-order valence-corrected chi connectivity index (χ0v) is 12.4. The maximum absolute atomic E-state index is 4.57. The highest BCUT2D eigenvalue weighted by molar-refractivity contribution is 5.39. The Morgan fingerprint density at radius 2 is 1.95 bits per heavy atom. The Labute approximate surface area is 121 Å². The van der Waals surface area contributed by atoms with Gasteiger partial charge >= 0.3 is 0 Å². The molecule has 0 aliphatic heterocycles. The van der Waals surface area contributed by atoms with Crippen LogP contribution in [-0.2, 0) is 12.8 Å². The van der Waals surface area contributed by atoms with E-state index in [0.29, 0.717) is 6.04 Å². The quantitative estimate of drug-likeness (QED) is 0.921. The van der Waals surface area contributed by atoms with Crippen LogP contribution in [0.3, 0.4) is 0 Å². The maximum Gasteiger partial charge on any atom is 0.0997 e. The Balaban J connectivity index is 1.86. The predicted molar refractivity (Wildman–Crippen MR) is 82.3 cm³/mol. The van der Waals surface area contributed by atoms with Gasteiger partial charge in [-0.05, 0) is 56.8 Å². The minimum atomic E-state index is 0.408. The Kier molecular flexibility index (Phi) is 3.88. The summed E-state index contributed by atoms with van der Waals surface area (Å²) in [7, 11) is 0. The lowest BCUT2D eigenvalue weighted by molar-refractivity contribution is 0.598. The molecule has 1 atom stereocenters. The van der Waals surface area contributed by atoms with Crippen molar-refractivity contribution < 1.29 is 0 Å². The Bertz CT molecular complexity index is 568. The Morgan fingerprint density at radius 3 is 2.70 bits per heavy atom. The van der Waals surface area contributed by atoms with Crippen LogP contribution in [0.1, 0.15) is 49.7 Å². The summed E-state index contributed by atoms with van der Waals surface area (Å²) in [5, 5.41) is 3.45. The number of aromatic nitrogens is 2. The SMILES string of the molecule is CCNC(C)c1ccc(-n2cnc3c2CCCC3)cc1. The number of fused-ring (bicyclic) bond motifs is 1. The molecule has 2 aromatic rings. The molecule has 0 bridgehead atoms. The molecule has 0 saturated carbocycles. The summed E-state index contributed by atoms with van der Waals surface area (Å²) < 4.78 is 2.26. The molecule has 1 aliphatic carbocycles. The van der Waals surface area contributed by atoms with Gasteiger partial charge in [-0.3, -0.25) is 0 Å². The second-order valence-corrected chi connectivity index (χ2v) is 5.59. The molecular formula is C17H23N3. The van der Waals surface area contributed by atoms with Gasteiger partial charge in [-0.25, -0.2) is 4.98 Å². The first-order valence-corrected chi connectivity index (χ1v) is 7.68. The van der Waals surface area contributed by atoms with Gasteiger partial charge in [-0.2, -0.15) is 0 Å². The topological polar surface area (TPSA) is 29.9 Å². The van der Waals surface area contributed by atoms with Gasteiger partial charge in [0.2, 0.25) is 0 Å². The maximum atomic E-state index is 4.57. The summed E-state index contributed by atoms with van der Waals surface area (Å²) in [6.07, 6.45) is 6.85. The second kappa shape index (κ2) is 5.80. The van der Waals surface area contributed by atoms with Gasteiger partial charge in [0.1, 0.15) is 0 Å². The molecule has 3 nitrogen and oxygen atoms in total. The number of imidazole rings is 1. The molecule has 1 unspecified atom stereocenters. The predicted octanol–water partition coefficient (Wildman–Crippen LogP) is 3.42. The molecule has 106 valence electrons. The summed E-state index contributed by atoms with van der Waals surface area (Å²) in [6.45, 7) is 5.35. The zero-order chi connectivity index (χ0) is 13.9. The standard InChI is InChI=1S/C17H23N3/c1-3-18-13(2)14-8-10-15(11-9-14)20-12-19-16-6-4-5-7-17(16)20/h8-13,18H,3-7H2,1-2H3. The van der Waals surface area contributed by atoms with Gasteiger partial charge in [0.15, 0.2) is 0 Å². The minimum absolute atomic E-state index is 0.408. The largest absolute Gasteiger partial charge is 0.310 e. The van der Waals surface area contributed by atoms with E-state index in [9.17, 15) is 0 Å². The van der Waals surface area contributed by atoms with Gasteiger partial charge in [0.25, 0.3) is 0 Å². The first kappa shape index (κ1) is 13.4. The third-order valence-electron chi connectivity index (χ3n) is 4.21. The molecule has 1 heterocycles. The van der Waals surface area contributed by atoms with Crippen LogP contribution in [0, 0.1) is 0 Å². The first-order chi connectivity index (χ1) is 9.79. The molecule has 3 heteroatoms. The van der Waals surface area contributed by atoms with Crippen LogP contribution < -0.4 is 5.32 Å². The average molecular weight is 269 g/mol. The van der Waals surface area contributed by atoms with E-state index >= 15 is 0 Å². The summed E-state index contributed by atoms with van der Waals surface area (Å²) in [5.74, 6) is 0. The van der Waals surface area contributed by atoms with Crippen molar-refractivity contribution >= 4 is 0 Å². The summed E-state index contributed by atoms with van der Waals surface area (Å²) >= 11 is 0. The highest BCUT2D eigenvalue weighted by Gasteiger charge is 2.16. The van der Waals surface area contributed by atoms with Crippen molar-refractivity contribution in [1.82, 2.24) is 14.9 Å². The second-order valence-electron chi connectivity index (χ2n) is 5.59. The van der Waals surface area contributed by atoms with E-state index in [1.54, 1.807) is 0 Å². The first-order valence-electron chi connectivity index (χ1n) is 7.68. The fourth-order valence-corrected chi connectivity index (χ4v) is 3.04. The molecule has 0 saturated heterocycles. The number of benzene rings is 1. The highest BCUT2D eigenvalue weighted by atomic mass is 15.1. The van der Waals surface area contributed by atoms with Crippen LogP contribution >= 0.6 is 0 Å². The van der Waals surface area contributed by atoms with E-state index in [4.69, 9.17) is 0 Å². The molecule has 0 spiro atoms. The van der Waals surface area contributed by atoms with Crippen molar-refractivity contribution in [1.29, 1.82) is 0 Å². The molecular weight excluding hydrogens is 246 g/mol. The average Bonchev–Trinajstić information content (AvgIpc) is 2.92. The van der Waals surface area contributed by atoms with Crippen molar-refractivity contribution in [2.24, 2.45) is 0 Å². The van der Waals surface area contributed by atoms with E-state index in [1.165, 1.54) is 35.5 Å². The van der Waals surface area contributed by atoms with Crippen LogP contribution in [0.4, 0.5) is 0 Å².